The van der Waals surface area contributed by atoms with E-state index in [1.165, 1.54) is 11.0 Å². The van der Waals surface area contributed by atoms with Crippen LogP contribution in [0.3, 0.4) is 0 Å². The van der Waals surface area contributed by atoms with Gasteiger partial charge in [-0.2, -0.15) is 0 Å². The summed E-state index contributed by atoms with van der Waals surface area (Å²) in [5.74, 6) is -10.1. The molecular formula is C26H32N2O7. The van der Waals surface area contributed by atoms with Crippen molar-refractivity contribution in [2.45, 2.75) is 57.1 Å². The fourth-order valence-corrected chi connectivity index (χ4v) is 6.47. The Morgan fingerprint density at radius 3 is 2.43 bits per heavy atom. The van der Waals surface area contributed by atoms with E-state index >= 15 is 0 Å². The number of unbranched alkanes of at least 4 members (excludes halogenated alkanes) is 2. The normalized spacial score (nSPS) is 32.3. The molecule has 4 rings (SSSR count). The van der Waals surface area contributed by atoms with Gasteiger partial charge in [-0.15, -0.1) is 0 Å². The van der Waals surface area contributed by atoms with Crippen LogP contribution in [-0.4, -0.2) is 69.9 Å². The molecule has 0 bridgehead atoms. The molecular weight excluding hydrogens is 452 g/mol. The molecule has 1 aromatic rings. The molecule has 6 atom stereocenters. The summed E-state index contributed by atoms with van der Waals surface area (Å²) in [5, 5.41) is 22.1. The number of amides is 1. The number of phenolic OH excluding ortho intramolecular Hbond substituents is 1. The largest absolute Gasteiger partial charge is 0.507 e. The number of Topliss-reactive ketones (excluding diaryl/α,β-unsaturated/α-hetero) is 4. The number of hydrogen-bond donors (Lipinski definition) is 3. The van der Waals surface area contributed by atoms with E-state index in [0.717, 1.165) is 31.2 Å². The van der Waals surface area contributed by atoms with Crippen LogP contribution in [-0.2, 0) is 32.0 Å². The average molecular weight is 485 g/mol. The van der Waals surface area contributed by atoms with Crippen molar-refractivity contribution in [1.82, 2.24) is 4.90 Å². The molecule has 0 heterocycles. The van der Waals surface area contributed by atoms with Gasteiger partial charge in [-0.25, -0.2) is 0 Å². The van der Waals surface area contributed by atoms with E-state index in [1.807, 2.05) is 0 Å². The zero-order valence-electron chi connectivity index (χ0n) is 20.2. The number of ketones is 4. The first kappa shape index (κ1) is 25.2. The molecule has 1 amide bonds. The lowest BCUT2D eigenvalue weighted by Crippen LogP contribution is -2.74. The minimum Gasteiger partial charge on any atom is -0.507 e. The van der Waals surface area contributed by atoms with Gasteiger partial charge >= 0.3 is 0 Å². The smallest absolute Gasteiger partial charge is 0.235 e. The number of likely N-dealkylation sites (N-methyl/N-ethyl adjacent to an activating group) is 1. The number of aromatic hydroxyl groups is 1. The Morgan fingerprint density at radius 2 is 1.83 bits per heavy atom. The SMILES string of the molecule is CCCCCc1ccc(O)c2c1CC1CC3C(N(C)C)C(=O)C(C(N)=O)C(=O)C3(O)C(=O)C1C2=O. The van der Waals surface area contributed by atoms with E-state index in [2.05, 4.69) is 6.92 Å². The number of aryl methyl sites for hydroxylation is 1. The minimum absolute atomic E-state index is 0.0607. The van der Waals surface area contributed by atoms with Crippen LogP contribution in [0.25, 0.3) is 0 Å². The van der Waals surface area contributed by atoms with Crippen LogP contribution in [0.5, 0.6) is 5.75 Å². The molecule has 6 unspecified atom stereocenters. The first-order valence-corrected chi connectivity index (χ1v) is 12.1. The average Bonchev–Trinajstić information content (AvgIpc) is 2.77. The highest BCUT2D eigenvalue weighted by Crippen LogP contribution is 2.51. The fourth-order valence-electron chi connectivity index (χ4n) is 6.47. The number of rotatable bonds is 6. The third kappa shape index (κ3) is 3.63. The lowest BCUT2D eigenvalue weighted by atomic mass is 9.52. The number of carbonyl (C=O) groups is 5. The van der Waals surface area contributed by atoms with Gasteiger partial charge in [-0.1, -0.05) is 25.8 Å². The summed E-state index contributed by atoms with van der Waals surface area (Å²) in [4.78, 5) is 67.2. The van der Waals surface area contributed by atoms with Crippen molar-refractivity contribution < 1.29 is 34.2 Å². The van der Waals surface area contributed by atoms with E-state index in [-0.39, 0.29) is 17.7 Å². The van der Waals surface area contributed by atoms with Crippen LogP contribution >= 0.6 is 0 Å². The van der Waals surface area contributed by atoms with E-state index < -0.39 is 64.4 Å². The topological polar surface area (TPSA) is 155 Å². The van der Waals surface area contributed by atoms with Crippen LogP contribution in [0, 0.1) is 23.7 Å². The molecule has 0 saturated heterocycles. The number of nitrogens with two attached hydrogens (primary N) is 1. The number of fused-ring (bicyclic) bond motifs is 3. The number of nitrogens with zero attached hydrogens (tertiary/aromatic N) is 1. The number of benzene rings is 1. The molecule has 9 nitrogen and oxygen atoms in total. The van der Waals surface area contributed by atoms with Crippen molar-refractivity contribution in [3.63, 3.8) is 0 Å². The van der Waals surface area contributed by atoms with Gasteiger partial charge in [0.25, 0.3) is 0 Å². The Labute approximate surface area is 203 Å². The van der Waals surface area contributed by atoms with Crippen LogP contribution in [0.4, 0.5) is 0 Å². The lowest BCUT2D eigenvalue weighted by Gasteiger charge is -2.52. The molecule has 9 heteroatoms. The monoisotopic (exact) mass is 484 g/mol. The third-order valence-corrected chi connectivity index (χ3v) is 8.09. The Morgan fingerprint density at radius 1 is 1.14 bits per heavy atom. The third-order valence-electron chi connectivity index (χ3n) is 8.09. The summed E-state index contributed by atoms with van der Waals surface area (Å²) in [6, 6.07) is 2.15. The van der Waals surface area contributed by atoms with Crippen molar-refractivity contribution in [2.75, 3.05) is 14.1 Å². The molecule has 0 spiro atoms. The summed E-state index contributed by atoms with van der Waals surface area (Å²) < 4.78 is 0. The summed E-state index contributed by atoms with van der Waals surface area (Å²) >= 11 is 0. The number of carbonyl (C=O) groups excluding carboxylic acids is 5. The van der Waals surface area contributed by atoms with Crippen LogP contribution < -0.4 is 5.73 Å². The van der Waals surface area contributed by atoms with Gasteiger partial charge in [0.15, 0.2) is 34.7 Å². The van der Waals surface area contributed by atoms with Crippen molar-refractivity contribution >= 4 is 29.0 Å². The number of primary amides is 1. The highest BCUT2D eigenvalue weighted by Gasteiger charge is 2.69. The van der Waals surface area contributed by atoms with Crippen molar-refractivity contribution in [3.05, 3.63) is 28.8 Å². The van der Waals surface area contributed by atoms with Crippen molar-refractivity contribution in [3.8, 4) is 5.75 Å². The molecule has 2 fully saturated rings. The van der Waals surface area contributed by atoms with Gasteiger partial charge in [0, 0.05) is 5.92 Å². The maximum Gasteiger partial charge on any atom is 0.235 e. The lowest BCUT2D eigenvalue weighted by molar-refractivity contribution is -0.181. The van der Waals surface area contributed by atoms with E-state index in [1.54, 1.807) is 20.2 Å². The molecule has 188 valence electrons. The summed E-state index contributed by atoms with van der Waals surface area (Å²) in [7, 11) is 3.14. The van der Waals surface area contributed by atoms with Gasteiger partial charge in [0.05, 0.1) is 17.5 Å². The highest BCUT2D eigenvalue weighted by atomic mass is 16.3. The van der Waals surface area contributed by atoms with Crippen molar-refractivity contribution in [2.24, 2.45) is 29.4 Å². The molecule has 0 aromatic heterocycles. The molecule has 2 saturated carbocycles. The van der Waals surface area contributed by atoms with Crippen LogP contribution in [0.1, 0.15) is 54.1 Å². The molecule has 1 aromatic carbocycles. The number of hydrogen-bond acceptors (Lipinski definition) is 8. The van der Waals surface area contributed by atoms with Gasteiger partial charge in [0.1, 0.15) is 5.75 Å². The van der Waals surface area contributed by atoms with Gasteiger partial charge in [-0.3, -0.25) is 28.9 Å². The molecule has 0 radical (unpaired) electrons. The quantitative estimate of drug-likeness (QED) is 0.392. The predicted octanol–water partition coefficient (Wildman–Crippen LogP) is 0.600. The first-order chi connectivity index (χ1) is 16.5. The first-order valence-electron chi connectivity index (χ1n) is 12.1. The Balaban J connectivity index is 1.81. The molecule has 3 aliphatic carbocycles. The Kier molecular flexibility index (Phi) is 6.44. The van der Waals surface area contributed by atoms with E-state index in [4.69, 9.17) is 5.73 Å². The summed E-state index contributed by atoms with van der Waals surface area (Å²) in [5.41, 5.74) is 4.32. The predicted molar refractivity (Wildman–Crippen MR) is 125 cm³/mol. The standard InChI is InChI=1S/C26H32N2O7/c1-4-5-6-7-12-8-9-16(29)18-14(12)10-13-11-15-20(28(2)3)22(31)19(25(27)34)24(33)26(15,35)23(32)17(13)21(18)30/h8-9,13,15,17,19-20,29,35H,4-7,10-11H2,1-3H3,(H2,27,34). The number of aliphatic hydroxyl groups is 1. The molecule has 3 aliphatic rings. The van der Waals surface area contributed by atoms with Gasteiger partial charge < -0.3 is 15.9 Å². The molecule has 0 aliphatic heterocycles. The van der Waals surface area contributed by atoms with Gasteiger partial charge in [0.2, 0.25) is 5.91 Å². The summed E-state index contributed by atoms with van der Waals surface area (Å²) in [6.45, 7) is 2.09. The molecule has 4 N–H and O–H groups in total. The minimum atomic E-state index is -2.69. The van der Waals surface area contributed by atoms with Crippen LogP contribution in [0.2, 0.25) is 0 Å². The fraction of sp³-hybridized carbons (Fsp3) is 0.577. The maximum absolute atomic E-state index is 13.7. The van der Waals surface area contributed by atoms with Crippen molar-refractivity contribution in [1.29, 1.82) is 0 Å². The van der Waals surface area contributed by atoms with E-state index in [9.17, 15) is 34.2 Å². The zero-order valence-corrected chi connectivity index (χ0v) is 20.2. The van der Waals surface area contributed by atoms with Gasteiger partial charge in [-0.05, 0) is 62.9 Å². The highest BCUT2D eigenvalue weighted by molar-refractivity contribution is 6.32. The van der Waals surface area contributed by atoms with E-state index in [0.29, 0.717) is 12.0 Å². The Hall–Kier alpha value is -2.91. The maximum atomic E-state index is 13.7. The second-order valence-corrected chi connectivity index (χ2v) is 10.3. The number of phenols is 1. The Bertz CT molecular complexity index is 1130. The van der Waals surface area contributed by atoms with Crippen LogP contribution in [0.15, 0.2) is 12.1 Å². The second-order valence-electron chi connectivity index (χ2n) is 10.3. The molecule has 35 heavy (non-hydrogen) atoms. The second kappa shape index (κ2) is 8.95. The zero-order chi connectivity index (χ0) is 25.8. The summed E-state index contributed by atoms with van der Waals surface area (Å²) in [6.07, 6.45) is 4.05.